The molecule has 132 valence electrons. The molecule has 2 heterocycles. The smallest absolute Gasteiger partial charge is 0.128 e. The lowest BCUT2D eigenvalue weighted by Crippen LogP contribution is -2.16. The van der Waals surface area contributed by atoms with E-state index in [1.54, 1.807) is 0 Å². The van der Waals surface area contributed by atoms with E-state index in [0.717, 1.165) is 51.3 Å². The largest absolute Gasteiger partial charge is 0.302 e. The van der Waals surface area contributed by atoms with Gasteiger partial charge in [-0.3, -0.25) is 9.56 Å². The van der Waals surface area contributed by atoms with Crippen LogP contribution < -0.4 is 0 Å². The highest BCUT2D eigenvalue weighted by Gasteiger charge is 2.24. The van der Waals surface area contributed by atoms with Gasteiger partial charge in [-0.25, -0.2) is 4.98 Å². The van der Waals surface area contributed by atoms with Crippen molar-refractivity contribution in [3.63, 3.8) is 0 Å². The molecule has 0 bridgehead atoms. The number of para-hydroxylation sites is 1. The van der Waals surface area contributed by atoms with Gasteiger partial charge in [-0.05, 0) is 33.2 Å². The van der Waals surface area contributed by atoms with E-state index in [-0.39, 0.29) is 0 Å². The van der Waals surface area contributed by atoms with Crippen LogP contribution in [0, 0.1) is 6.92 Å². The summed E-state index contributed by atoms with van der Waals surface area (Å²) in [7, 11) is 4.12. The first-order valence-electron chi connectivity index (χ1n) is 8.67. The van der Waals surface area contributed by atoms with E-state index < -0.39 is 0 Å². The molecule has 4 rings (SSSR count). The number of imidazole rings is 1. The molecular weight excluding hydrogens is 344 g/mol. The molecule has 5 heteroatoms. The van der Waals surface area contributed by atoms with Gasteiger partial charge in [0.1, 0.15) is 5.82 Å². The molecule has 0 aliphatic carbocycles. The third-order valence-corrected chi connectivity index (χ3v) is 4.95. The molecule has 0 saturated carbocycles. The minimum Gasteiger partial charge on any atom is -0.302 e. The Bertz CT molecular complexity index is 1000. The van der Waals surface area contributed by atoms with Crippen molar-refractivity contribution in [1.82, 2.24) is 14.5 Å². The number of nitrogens with zero attached hydrogens (tertiary/aromatic N) is 4. The van der Waals surface area contributed by atoms with Gasteiger partial charge in [0.25, 0.3) is 0 Å². The Morgan fingerprint density at radius 3 is 2.46 bits per heavy atom. The maximum atomic E-state index is 6.49. The van der Waals surface area contributed by atoms with Crippen LogP contribution >= 0.6 is 11.6 Å². The first-order valence-corrected chi connectivity index (χ1v) is 9.05. The zero-order chi connectivity index (χ0) is 18.3. The van der Waals surface area contributed by atoms with Crippen LogP contribution in [0.3, 0.4) is 0 Å². The predicted molar refractivity (Wildman–Crippen MR) is 106 cm³/mol. The highest BCUT2D eigenvalue weighted by atomic mass is 35.5. The second-order valence-corrected chi connectivity index (χ2v) is 7.20. The van der Waals surface area contributed by atoms with Crippen LogP contribution in [0.2, 0.25) is 5.02 Å². The molecule has 26 heavy (non-hydrogen) atoms. The summed E-state index contributed by atoms with van der Waals surface area (Å²) in [5.74, 6) is 1.03. The lowest BCUT2D eigenvalue weighted by Gasteiger charge is -2.16. The topological polar surface area (TPSA) is 33.4 Å². The summed E-state index contributed by atoms with van der Waals surface area (Å²) in [5, 5.41) is 0.719. The van der Waals surface area contributed by atoms with Crippen LogP contribution in [-0.4, -0.2) is 34.3 Å². The van der Waals surface area contributed by atoms with Crippen LogP contribution in [0.15, 0.2) is 53.5 Å². The van der Waals surface area contributed by atoms with Crippen molar-refractivity contribution in [3.05, 3.63) is 81.9 Å². The van der Waals surface area contributed by atoms with Crippen molar-refractivity contribution >= 4 is 17.3 Å². The molecular formula is C21H21ClN4. The van der Waals surface area contributed by atoms with Gasteiger partial charge in [0.2, 0.25) is 0 Å². The highest BCUT2D eigenvalue weighted by Crippen LogP contribution is 2.30. The summed E-state index contributed by atoms with van der Waals surface area (Å²) >= 11 is 6.49. The van der Waals surface area contributed by atoms with E-state index in [1.807, 2.05) is 30.3 Å². The van der Waals surface area contributed by atoms with Crippen LogP contribution in [0.25, 0.3) is 5.69 Å². The van der Waals surface area contributed by atoms with Gasteiger partial charge in [0.15, 0.2) is 0 Å². The fraction of sp³-hybridized carbons (Fsp3) is 0.238. The zero-order valence-electron chi connectivity index (χ0n) is 15.2. The number of fused-ring (bicyclic) bond motifs is 3. The van der Waals surface area contributed by atoms with Crippen molar-refractivity contribution in [3.8, 4) is 5.69 Å². The summed E-state index contributed by atoms with van der Waals surface area (Å²) in [6.45, 7) is 3.42. The van der Waals surface area contributed by atoms with E-state index in [2.05, 4.69) is 48.7 Å². The molecule has 0 spiro atoms. The first-order chi connectivity index (χ1) is 12.6. The standard InChI is InChI=1S/C21H21ClN4/c1-14-19-12-23-21(15-8-4-6-10-17(15)22)16-9-5-7-11-18(16)26(19)20(24-14)13-25(2)3/h4-11H,12-13H2,1-3H3. The average molecular weight is 365 g/mol. The molecule has 1 aromatic heterocycles. The van der Waals surface area contributed by atoms with E-state index in [9.17, 15) is 0 Å². The number of aryl methyl sites for hydroxylation is 1. The first kappa shape index (κ1) is 17.0. The molecule has 3 aromatic rings. The molecule has 2 aromatic carbocycles. The number of rotatable bonds is 3. The van der Waals surface area contributed by atoms with E-state index in [1.165, 1.54) is 0 Å². The minimum atomic E-state index is 0.585. The number of halogens is 1. The Hall–Kier alpha value is -2.43. The van der Waals surface area contributed by atoms with E-state index in [0.29, 0.717) is 6.54 Å². The van der Waals surface area contributed by atoms with Crippen LogP contribution in [-0.2, 0) is 13.1 Å². The number of aromatic nitrogens is 2. The van der Waals surface area contributed by atoms with Gasteiger partial charge in [-0.2, -0.15) is 0 Å². The monoisotopic (exact) mass is 364 g/mol. The second-order valence-electron chi connectivity index (χ2n) is 6.80. The van der Waals surface area contributed by atoms with Crippen molar-refractivity contribution in [2.24, 2.45) is 4.99 Å². The summed E-state index contributed by atoms with van der Waals surface area (Å²) in [6, 6.07) is 16.3. The molecule has 1 aliphatic heterocycles. The number of hydrogen-bond acceptors (Lipinski definition) is 3. The van der Waals surface area contributed by atoms with E-state index >= 15 is 0 Å². The van der Waals surface area contributed by atoms with Gasteiger partial charge >= 0.3 is 0 Å². The van der Waals surface area contributed by atoms with E-state index in [4.69, 9.17) is 21.6 Å². The van der Waals surface area contributed by atoms with Crippen molar-refractivity contribution in [2.75, 3.05) is 14.1 Å². The summed E-state index contributed by atoms with van der Waals surface area (Å²) < 4.78 is 2.26. The fourth-order valence-electron chi connectivity index (χ4n) is 3.48. The predicted octanol–water partition coefficient (Wildman–Crippen LogP) is 4.25. The third kappa shape index (κ3) is 2.85. The Kier molecular flexibility index (Phi) is 4.39. The molecule has 4 nitrogen and oxygen atoms in total. The maximum absolute atomic E-state index is 6.49. The lowest BCUT2D eigenvalue weighted by molar-refractivity contribution is 0.387. The summed E-state index contributed by atoms with van der Waals surface area (Å²) in [4.78, 5) is 11.9. The Labute approximate surface area is 158 Å². The summed E-state index contributed by atoms with van der Waals surface area (Å²) in [6.07, 6.45) is 0. The molecule has 0 N–H and O–H groups in total. The highest BCUT2D eigenvalue weighted by molar-refractivity contribution is 6.35. The minimum absolute atomic E-state index is 0.585. The van der Waals surface area contributed by atoms with Crippen molar-refractivity contribution in [1.29, 1.82) is 0 Å². The Balaban J connectivity index is 1.96. The molecule has 0 saturated heterocycles. The SMILES string of the molecule is Cc1nc(CN(C)C)n2c1CN=C(c1ccccc1Cl)c1ccccc1-2. The quantitative estimate of drug-likeness (QED) is 0.696. The molecule has 0 atom stereocenters. The second kappa shape index (κ2) is 6.71. The van der Waals surface area contributed by atoms with Gasteiger partial charge in [0.05, 0.1) is 35.9 Å². The van der Waals surface area contributed by atoms with Gasteiger partial charge < -0.3 is 4.90 Å². The van der Waals surface area contributed by atoms with Gasteiger partial charge in [-0.1, -0.05) is 48.0 Å². The van der Waals surface area contributed by atoms with Crippen LogP contribution in [0.4, 0.5) is 0 Å². The average Bonchev–Trinajstić information content (AvgIpc) is 2.81. The number of aliphatic imine (C=N–C) groups is 1. The normalized spacial score (nSPS) is 13.2. The molecule has 0 radical (unpaired) electrons. The Morgan fingerprint density at radius 2 is 1.73 bits per heavy atom. The molecule has 0 unspecified atom stereocenters. The molecule has 0 amide bonds. The molecule has 1 aliphatic rings. The lowest BCUT2D eigenvalue weighted by atomic mass is 10.0. The van der Waals surface area contributed by atoms with Crippen LogP contribution in [0.1, 0.15) is 28.3 Å². The van der Waals surface area contributed by atoms with Gasteiger partial charge in [0, 0.05) is 16.1 Å². The Morgan fingerprint density at radius 1 is 1.04 bits per heavy atom. The van der Waals surface area contributed by atoms with Gasteiger partial charge in [-0.15, -0.1) is 0 Å². The number of hydrogen-bond donors (Lipinski definition) is 0. The maximum Gasteiger partial charge on any atom is 0.128 e. The third-order valence-electron chi connectivity index (χ3n) is 4.62. The zero-order valence-corrected chi connectivity index (χ0v) is 16.0. The molecule has 0 fully saturated rings. The summed E-state index contributed by atoms with van der Waals surface area (Å²) in [5.41, 5.74) is 6.25. The number of benzene rings is 2. The van der Waals surface area contributed by atoms with Crippen LogP contribution in [0.5, 0.6) is 0 Å². The fourth-order valence-corrected chi connectivity index (χ4v) is 3.70. The van der Waals surface area contributed by atoms with Crippen molar-refractivity contribution in [2.45, 2.75) is 20.0 Å². The van der Waals surface area contributed by atoms with Crippen molar-refractivity contribution < 1.29 is 0 Å².